The standard InChI is InChI=1S/C19H18O3/c1-19(2,3)13-10-8-12(9-11-13)16-17(20)14-6-4-5-7-15(14)22-18(16)21/h4-11,20H,1-3H3. The van der Waals surface area contributed by atoms with Gasteiger partial charge < -0.3 is 9.52 Å². The number of fused-ring (bicyclic) bond motifs is 1. The third-order valence-corrected chi connectivity index (χ3v) is 3.83. The second kappa shape index (κ2) is 5.02. The molecule has 22 heavy (non-hydrogen) atoms. The molecule has 1 aromatic heterocycles. The highest BCUT2D eigenvalue weighted by Crippen LogP contribution is 2.33. The summed E-state index contributed by atoms with van der Waals surface area (Å²) in [5, 5.41) is 11.0. The van der Waals surface area contributed by atoms with E-state index in [1.165, 1.54) is 5.56 Å². The molecule has 0 saturated heterocycles. The summed E-state index contributed by atoms with van der Waals surface area (Å²) in [6.45, 7) is 6.39. The molecule has 0 atom stereocenters. The van der Waals surface area contributed by atoms with Crippen LogP contribution in [0, 0.1) is 0 Å². The summed E-state index contributed by atoms with van der Waals surface area (Å²) in [6, 6.07) is 14.6. The van der Waals surface area contributed by atoms with E-state index < -0.39 is 5.63 Å². The van der Waals surface area contributed by atoms with Crippen molar-refractivity contribution in [1.82, 2.24) is 0 Å². The fourth-order valence-corrected chi connectivity index (χ4v) is 2.52. The Morgan fingerprint density at radius 2 is 1.59 bits per heavy atom. The molecule has 0 saturated carbocycles. The SMILES string of the molecule is CC(C)(C)c1ccc(-c2c(O)c3ccccc3oc2=O)cc1. The minimum atomic E-state index is -0.528. The zero-order valence-electron chi connectivity index (χ0n) is 12.9. The maximum absolute atomic E-state index is 12.2. The van der Waals surface area contributed by atoms with Crippen molar-refractivity contribution in [3.8, 4) is 16.9 Å². The van der Waals surface area contributed by atoms with Gasteiger partial charge in [-0.15, -0.1) is 0 Å². The molecular weight excluding hydrogens is 276 g/mol. The van der Waals surface area contributed by atoms with Gasteiger partial charge >= 0.3 is 5.63 Å². The minimum absolute atomic E-state index is 0.0321. The van der Waals surface area contributed by atoms with Crippen molar-refractivity contribution in [2.45, 2.75) is 26.2 Å². The number of benzene rings is 2. The Kier molecular flexibility index (Phi) is 3.28. The molecule has 0 radical (unpaired) electrons. The largest absolute Gasteiger partial charge is 0.506 e. The molecular formula is C19H18O3. The maximum atomic E-state index is 12.2. The van der Waals surface area contributed by atoms with Crippen molar-refractivity contribution in [3.63, 3.8) is 0 Å². The highest BCUT2D eigenvalue weighted by molar-refractivity contribution is 5.90. The lowest BCUT2D eigenvalue weighted by Crippen LogP contribution is -2.11. The fourth-order valence-electron chi connectivity index (χ4n) is 2.52. The third-order valence-electron chi connectivity index (χ3n) is 3.83. The van der Waals surface area contributed by atoms with Gasteiger partial charge in [-0.1, -0.05) is 57.2 Å². The van der Waals surface area contributed by atoms with E-state index in [0.717, 1.165) is 0 Å². The smallest absolute Gasteiger partial charge is 0.347 e. The van der Waals surface area contributed by atoms with Crippen molar-refractivity contribution in [3.05, 3.63) is 64.5 Å². The predicted octanol–water partition coefficient (Wildman–Crippen LogP) is 4.46. The molecule has 3 heteroatoms. The first-order valence-electron chi connectivity index (χ1n) is 7.23. The van der Waals surface area contributed by atoms with E-state index in [1.807, 2.05) is 24.3 Å². The van der Waals surface area contributed by atoms with Crippen LogP contribution >= 0.6 is 0 Å². The second-order valence-corrected chi connectivity index (χ2v) is 6.44. The van der Waals surface area contributed by atoms with Crippen molar-refractivity contribution in [2.75, 3.05) is 0 Å². The van der Waals surface area contributed by atoms with E-state index >= 15 is 0 Å². The van der Waals surface area contributed by atoms with Crippen LogP contribution in [0.2, 0.25) is 0 Å². The molecule has 0 spiro atoms. The van der Waals surface area contributed by atoms with Gasteiger partial charge in [-0.3, -0.25) is 0 Å². The molecule has 1 N–H and O–H groups in total. The normalized spacial score (nSPS) is 11.8. The molecule has 3 nitrogen and oxygen atoms in total. The number of hydrogen-bond donors (Lipinski definition) is 1. The second-order valence-electron chi connectivity index (χ2n) is 6.44. The topological polar surface area (TPSA) is 50.4 Å². The highest BCUT2D eigenvalue weighted by atomic mass is 16.4. The summed E-state index contributed by atoms with van der Waals surface area (Å²) in [6.07, 6.45) is 0. The lowest BCUT2D eigenvalue weighted by molar-refractivity contribution is 0.471. The minimum Gasteiger partial charge on any atom is -0.506 e. The maximum Gasteiger partial charge on any atom is 0.347 e. The van der Waals surface area contributed by atoms with Crippen molar-refractivity contribution in [1.29, 1.82) is 0 Å². The van der Waals surface area contributed by atoms with Crippen LogP contribution < -0.4 is 5.63 Å². The monoisotopic (exact) mass is 294 g/mol. The van der Waals surface area contributed by atoms with E-state index in [9.17, 15) is 9.90 Å². The van der Waals surface area contributed by atoms with E-state index in [-0.39, 0.29) is 16.7 Å². The van der Waals surface area contributed by atoms with Crippen LogP contribution in [-0.2, 0) is 5.41 Å². The van der Waals surface area contributed by atoms with Crippen LogP contribution in [-0.4, -0.2) is 5.11 Å². The molecule has 0 aliphatic rings. The first-order valence-corrected chi connectivity index (χ1v) is 7.23. The van der Waals surface area contributed by atoms with Gasteiger partial charge in [0.2, 0.25) is 0 Å². The summed E-state index contributed by atoms with van der Waals surface area (Å²) in [5.41, 5.74) is 1.93. The van der Waals surface area contributed by atoms with E-state index in [0.29, 0.717) is 16.5 Å². The van der Waals surface area contributed by atoms with Crippen LogP contribution in [0.4, 0.5) is 0 Å². The van der Waals surface area contributed by atoms with Gasteiger partial charge in [-0.25, -0.2) is 4.79 Å². The van der Waals surface area contributed by atoms with Crippen LogP contribution in [0.1, 0.15) is 26.3 Å². The first-order chi connectivity index (χ1) is 10.4. The van der Waals surface area contributed by atoms with Gasteiger partial charge in [0.05, 0.1) is 5.39 Å². The lowest BCUT2D eigenvalue weighted by atomic mass is 9.86. The molecule has 3 aromatic rings. The molecule has 0 amide bonds. The van der Waals surface area contributed by atoms with Crippen LogP contribution in [0.5, 0.6) is 5.75 Å². The van der Waals surface area contributed by atoms with Gasteiger partial charge in [-0.2, -0.15) is 0 Å². The summed E-state index contributed by atoms with van der Waals surface area (Å²) < 4.78 is 5.31. The Bertz CT molecular complexity index is 881. The first kappa shape index (κ1) is 14.4. The molecule has 2 aromatic carbocycles. The Morgan fingerprint density at radius 1 is 0.955 bits per heavy atom. The molecule has 0 fully saturated rings. The van der Waals surface area contributed by atoms with Gasteiger partial charge in [-0.05, 0) is 28.7 Å². The van der Waals surface area contributed by atoms with Crippen LogP contribution in [0.3, 0.4) is 0 Å². The van der Waals surface area contributed by atoms with E-state index in [1.54, 1.807) is 24.3 Å². The Hall–Kier alpha value is -2.55. The van der Waals surface area contributed by atoms with Gasteiger partial charge in [0.25, 0.3) is 0 Å². The van der Waals surface area contributed by atoms with Crippen molar-refractivity contribution >= 4 is 11.0 Å². The molecule has 112 valence electrons. The summed E-state index contributed by atoms with van der Waals surface area (Å²) in [4.78, 5) is 12.2. The average Bonchev–Trinajstić information content (AvgIpc) is 2.47. The van der Waals surface area contributed by atoms with Crippen molar-refractivity contribution < 1.29 is 9.52 Å². The summed E-state index contributed by atoms with van der Waals surface area (Å²) in [5.74, 6) is -0.0321. The van der Waals surface area contributed by atoms with Crippen LogP contribution in [0.25, 0.3) is 22.1 Å². The zero-order chi connectivity index (χ0) is 15.9. The quantitative estimate of drug-likeness (QED) is 0.674. The molecule has 0 bridgehead atoms. The molecule has 0 unspecified atom stereocenters. The number of para-hydroxylation sites is 1. The molecule has 0 aliphatic carbocycles. The Balaban J connectivity index is 2.20. The van der Waals surface area contributed by atoms with Gasteiger partial charge in [0.1, 0.15) is 16.9 Å². The number of hydrogen-bond acceptors (Lipinski definition) is 3. The fraction of sp³-hybridized carbons (Fsp3) is 0.211. The van der Waals surface area contributed by atoms with Crippen LogP contribution in [0.15, 0.2) is 57.7 Å². The molecule has 3 rings (SSSR count). The highest BCUT2D eigenvalue weighted by Gasteiger charge is 2.17. The Labute approximate surface area is 128 Å². The van der Waals surface area contributed by atoms with Gasteiger partial charge in [0, 0.05) is 0 Å². The summed E-state index contributed by atoms with van der Waals surface area (Å²) in [7, 11) is 0. The number of rotatable bonds is 1. The summed E-state index contributed by atoms with van der Waals surface area (Å²) >= 11 is 0. The van der Waals surface area contributed by atoms with E-state index in [2.05, 4.69) is 20.8 Å². The predicted molar refractivity (Wildman–Crippen MR) is 88.3 cm³/mol. The average molecular weight is 294 g/mol. The van der Waals surface area contributed by atoms with Crippen molar-refractivity contribution in [2.24, 2.45) is 0 Å². The Morgan fingerprint density at radius 3 is 2.23 bits per heavy atom. The zero-order valence-corrected chi connectivity index (χ0v) is 12.9. The molecule has 0 aliphatic heterocycles. The number of aromatic hydroxyl groups is 1. The van der Waals surface area contributed by atoms with Gasteiger partial charge in [0.15, 0.2) is 0 Å². The van der Waals surface area contributed by atoms with E-state index in [4.69, 9.17) is 4.42 Å². The third kappa shape index (κ3) is 2.39. The lowest BCUT2D eigenvalue weighted by Gasteiger charge is -2.19. The molecule has 1 heterocycles.